The number of thioether (sulfide) groups is 1. The zero-order valence-electron chi connectivity index (χ0n) is 10.0. The van der Waals surface area contributed by atoms with Crippen LogP contribution >= 0.6 is 11.8 Å². The largest absolute Gasteiger partial charge is 0.398 e. The quantitative estimate of drug-likeness (QED) is 0.551. The van der Waals surface area contributed by atoms with Crippen molar-refractivity contribution in [3.8, 4) is 0 Å². The van der Waals surface area contributed by atoms with E-state index in [2.05, 4.69) is 31.2 Å². The summed E-state index contributed by atoms with van der Waals surface area (Å²) in [5.41, 5.74) is 10.4. The summed E-state index contributed by atoms with van der Waals surface area (Å²) < 4.78 is 0.214. The van der Waals surface area contributed by atoms with Crippen molar-refractivity contribution in [1.29, 1.82) is 0 Å². The molecule has 90 valence electrons. The third kappa shape index (κ3) is 4.00. The second kappa shape index (κ2) is 5.52. The van der Waals surface area contributed by atoms with Crippen molar-refractivity contribution >= 4 is 17.4 Å². The van der Waals surface area contributed by atoms with Crippen LogP contribution in [0.4, 0.5) is 5.69 Å². The molecule has 0 radical (unpaired) electrons. The molecule has 0 bridgehead atoms. The average molecular weight is 240 g/mol. The number of hydrogen-bond acceptors (Lipinski definition) is 5. The van der Waals surface area contributed by atoms with Crippen molar-refractivity contribution < 1.29 is 0 Å². The average Bonchev–Trinajstić information content (AvgIpc) is 2.20. The molecule has 0 aromatic carbocycles. The highest BCUT2D eigenvalue weighted by molar-refractivity contribution is 8.00. The maximum Gasteiger partial charge on any atom is 0.0586 e. The summed E-state index contributed by atoms with van der Waals surface area (Å²) in [4.78, 5) is 4.07. The Labute approximate surface area is 101 Å². The van der Waals surface area contributed by atoms with Gasteiger partial charge in [-0.1, -0.05) is 20.8 Å². The highest BCUT2D eigenvalue weighted by atomic mass is 32.2. The lowest BCUT2D eigenvalue weighted by Gasteiger charge is -2.23. The lowest BCUT2D eigenvalue weighted by atomic mass is 10.1. The van der Waals surface area contributed by atoms with Crippen molar-refractivity contribution in [1.82, 2.24) is 10.4 Å². The van der Waals surface area contributed by atoms with Gasteiger partial charge in [0.25, 0.3) is 0 Å². The highest BCUT2D eigenvalue weighted by Gasteiger charge is 2.17. The van der Waals surface area contributed by atoms with Gasteiger partial charge in [0, 0.05) is 34.1 Å². The lowest BCUT2D eigenvalue weighted by molar-refractivity contribution is 0.607. The molecule has 0 aliphatic carbocycles. The molecule has 1 heterocycles. The molecular formula is C11H20N4S. The van der Waals surface area contributed by atoms with Crippen molar-refractivity contribution in [3.05, 3.63) is 24.0 Å². The first-order valence-electron chi connectivity index (χ1n) is 5.23. The van der Waals surface area contributed by atoms with Gasteiger partial charge in [-0.25, -0.2) is 0 Å². The maximum absolute atomic E-state index is 5.89. The molecule has 1 atom stereocenters. The van der Waals surface area contributed by atoms with Crippen LogP contribution in [0, 0.1) is 0 Å². The molecule has 0 saturated heterocycles. The van der Waals surface area contributed by atoms with E-state index < -0.39 is 0 Å². The van der Waals surface area contributed by atoms with Crippen LogP contribution in [0.15, 0.2) is 18.5 Å². The summed E-state index contributed by atoms with van der Waals surface area (Å²) in [6, 6.07) is 1.83. The number of nitrogens with one attached hydrogen (secondary N) is 1. The molecule has 5 N–H and O–H groups in total. The van der Waals surface area contributed by atoms with Gasteiger partial charge in [0.2, 0.25) is 0 Å². The van der Waals surface area contributed by atoms with Crippen molar-refractivity contribution in [2.75, 3.05) is 11.5 Å². The molecule has 0 saturated carbocycles. The molecule has 1 aromatic rings. The van der Waals surface area contributed by atoms with Crippen LogP contribution < -0.4 is 17.0 Å². The highest BCUT2D eigenvalue weighted by Crippen LogP contribution is 2.29. The van der Waals surface area contributed by atoms with Gasteiger partial charge in [-0.2, -0.15) is 11.8 Å². The van der Waals surface area contributed by atoms with Crippen molar-refractivity contribution in [2.24, 2.45) is 5.84 Å². The van der Waals surface area contributed by atoms with Crippen LogP contribution in [-0.4, -0.2) is 15.5 Å². The predicted octanol–water partition coefficient (Wildman–Crippen LogP) is 1.70. The normalized spacial score (nSPS) is 13.8. The summed E-state index contributed by atoms with van der Waals surface area (Å²) in [5, 5.41) is 0. The molecule has 4 nitrogen and oxygen atoms in total. The number of hydrogen-bond donors (Lipinski definition) is 3. The van der Waals surface area contributed by atoms with E-state index in [-0.39, 0.29) is 10.8 Å². The van der Waals surface area contributed by atoms with Crippen molar-refractivity contribution in [2.45, 2.75) is 31.6 Å². The van der Waals surface area contributed by atoms with Gasteiger partial charge >= 0.3 is 0 Å². The number of rotatable bonds is 4. The topological polar surface area (TPSA) is 77.0 Å². The van der Waals surface area contributed by atoms with Crippen LogP contribution in [0.25, 0.3) is 0 Å². The van der Waals surface area contributed by atoms with Crippen molar-refractivity contribution in [3.63, 3.8) is 0 Å². The van der Waals surface area contributed by atoms with E-state index in [1.165, 1.54) is 0 Å². The third-order valence-electron chi connectivity index (χ3n) is 2.15. The zero-order valence-corrected chi connectivity index (χ0v) is 10.8. The molecule has 0 amide bonds. The molecule has 1 unspecified atom stereocenters. The van der Waals surface area contributed by atoms with Crippen LogP contribution in [0.5, 0.6) is 0 Å². The van der Waals surface area contributed by atoms with Gasteiger partial charge in [-0.15, -0.1) is 0 Å². The number of nitrogen functional groups attached to an aromatic ring is 1. The Balaban J connectivity index is 2.72. The molecule has 0 aliphatic rings. The van der Waals surface area contributed by atoms with E-state index in [1.54, 1.807) is 18.5 Å². The fourth-order valence-electron chi connectivity index (χ4n) is 1.27. The van der Waals surface area contributed by atoms with E-state index in [0.29, 0.717) is 0 Å². The van der Waals surface area contributed by atoms with Gasteiger partial charge in [-0.3, -0.25) is 16.3 Å². The van der Waals surface area contributed by atoms with Gasteiger partial charge < -0.3 is 5.73 Å². The molecule has 5 heteroatoms. The first-order chi connectivity index (χ1) is 7.44. The molecule has 16 heavy (non-hydrogen) atoms. The molecule has 0 fully saturated rings. The van der Waals surface area contributed by atoms with E-state index in [1.807, 2.05) is 11.8 Å². The lowest BCUT2D eigenvalue weighted by Crippen LogP contribution is -2.31. The Hall–Kier alpha value is -0.780. The number of pyridine rings is 1. The minimum absolute atomic E-state index is 0.0397. The number of nitrogens with zero attached hydrogens (tertiary/aromatic N) is 1. The van der Waals surface area contributed by atoms with E-state index in [4.69, 9.17) is 11.6 Å². The number of nitrogens with two attached hydrogens (primary N) is 2. The standard InChI is InChI=1S/C11H20N4S/c1-11(2,3)16-7-10(15-13)8-6-14-5-4-9(8)12/h4-6,10,15H,7,13H2,1-3H3,(H2,12,14). The maximum atomic E-state index is 5.89. The van der Waals surface area contributed by atoms with Crippen LogP contribution in [-0.2, 0) is 0 Å². The fraction of sp³-hybridized carbons (Fsp3) is 0.545. The molecule has 1 rings (SSSR count). The molecular weight excluding hydrogens is 220 g/mol. The SMILES string of the molecule is CC(C)(C)SCC(NN)c1cnccc1N. The monoisotopic (exact) mass is 240 g/mol. The number of anilines is 1. The van der Waals surface area contributed by atoms with Gasteiger partial charge in [-0.05, 0) is 6.07 Å². The first kappa shape index (κ1) is 13.3. The van der Waals surface area contributed by atoms with E-state index in [9.17, 15) is 0 Å². The Bertz CT molecular complexity index is 335. The fourth-order valence-corrected chi connectivity index (χ4v) is 2.21. The smallest absolute Gasteiger partial charge is 0.0586 e. The zero-order chi connectivity index (χ0) is 12.2. The van der Waals surface area contributed by atoms with Crippen LogP contribution in [0.3, 0.4) is 0 Å². The Morgan fingerprint density at radius 3 is 2.69 bits per heavy atom. The predicted molar refractivity (Wildman–Crippen MR) is 70.9 cm³/mol. The third-order valence-corrected chi connectivity index (χ3v) is 3.51. The summed E-state index contributed by atoms with van der Waals surface area (Å²) in [5.74, 6) is 6.43. The first-order valence-corrected chi connectivity index (χ1v) is 6.22. The Morgan fingerprint density at radius 2 is 2.19 bits per heavy atom. The van der Waals surface area contributed by atoms with Gasteiger partial charge in [0.15, 0.2) is 0 Å². The minimum Gasteiger partial charge on any atom is -0.398 e. The number of hydrazine groups is 1. The molecule has 0 spiro atoms. The van der Waals surface area contributed by atoms with Crippen LogP contribution in [0.1, 0.15) is 32.4 Å². The molecule has 0 aliphatic heterocycles. The summed E-state index contributed by atoms with van der Waals surface area (Å²) in [7, 11) is 0. The summed E-state index contributed by atoms with van der Waals surface area (Å²) >= 11 is 1.84. The molecule has 1 aromatic heterocycles. The van der Waals surface area contributed by atoms with E-state index in [0.717, 1.165) is 17.0 Å². The van der Waals surface area contributed by atoms with Crippen LogP contribution in [0.2, 0.25) is 0 Å². The minimum atomic E-state index is 0.0397. The second-order valence-corrected chi connectivity index (χ2v) is 6.49. The summed E-state index contributed by atoms with van der Waals surface area (Å²) in [6.45, 7) is 6.54. The second-order valence-electron chi connectivity index (χ2n) is 4.65. The Morgan fingerprint density at radius 1 is 1.50 bits per heavy atom. The van der Waals surface area contributed by atoms with E-state index >= 15 is 0 Å². The van der Waals surface area contributed by atoms with Gasteiger partial charge in [0.1, 0.15) is 0 Å². The Kier molecular flexibility index (Phi) is 4.58. The summed E-state index contributed by atoms with van der Waals surface area (Å²) in [6.07, 6.45) is 3.45. The van der Waals surface area contributed by atoms with Gasteiger partial charge in [0.05, 0.1) is 6.04 Å². The number of aromatic nitrogens is 1.